The molecule has 0 aliphatic carbocycles. The zero-order valence-corrected chi connectivity index (χ0v) is 14.0. The van der Waals surface area contributed by atoms with Gasteiger partial charge in [-0.2, -0.15) is 5.26 Å². The normalized spacial score (nSPS) is 23.2. The lowest BCUT2D eigenvalue weighted by atomic mass is 9.87. The first-order valence-electron chi connectivity index (χ1n) is 7.57. The Morgan fingerprint density at radius 2 is 1.96 bits per heavy atom. The predicted octanol–water partition coefficient (Wildman–Crippen LogP) is 1.97. The molecule has 0 radical (unpaired) electrons. The number of piperidine rings is 1. The maximum Gasteiger partial charge on any atom is 0.183 e. The predicted molar refractivity (Wildman–Crippen MR) is 88.6 cm³/mol. The molecule has 7 heteroatoms. The zero-order valence-electron chi connectivity index (χ0n) is 12.4. The Morgan fingerprint density at radius 3 is 2.65 bits per heavy atom. The average molecular weight is 371 g/mol. The van der Waals surface area contributed by atoms with E-state index in [9.17, 15) is 5.26 Å². The number of halogens is 1. The van der Waals surface area contributed by atoms with Crippen LogP contribution in [0, 0.1) is 11.3 Å². The van der Waals surface area contributed by atoms with Crippen LogP contribution in [0.25, 0.3) is 0 Å². The van der Waals surface area contributed by atoms with Crippen molar-refractivity contribution < 1.29 is 0 Å². The Bertz CT molecular complexity index is 744. The number of nitrogens with zero attached hydrogens (tertiary/aromatic N) is 6. The zero-order chi connectivity index (χ0) is 15.8. The molecule has 2 unspecified atom stereocenters. The summed E-state index contributed by atoms with van der Waals surface area (Å²) in [5.41, 5.74) is 1.50. The van der Waals surface area contributed by atoms with Crippen molar-refractivity contribution in [2.75, 3.05) is 18.0 Å². The van der Waals surface area contributed by atoms with Crippen molar-refractivity contribution in [1.82, 2.24) is 19.9 Å². The third-order valence-electron chi connectivity index (χ3n) is 4.47. The summed E-state index contributed by atoms with van der Waals surface area (Å²) in [7, 11) is 0. The molecule has 0 amide bonds. The van der Waals surface area contributed by atoms with Crippen LogP contribution in [0.15, 0.2) is 35.2 Å². The van der Waals surface area contributed by atoms with Crippen LogP contribution in [0.4, 0.5) is 5.82 Å². The Balaban J connectivity index is 1.46. The maximum atomic E-state index is 9.22. The first-order valence-corrected chi connectivity index (χ1v) is 8.36. The number of hydrogen-bond donors (Lipinski definition) is 0. The molecule has 2 aromatic rings. The lowest BCUT2D eigenvalue weighted by Crippen LogP contribution is -2.69. The fraction of sp³-hybridized carbons (Fsp3) is 0.375. The molecule has 6 nitrogen and oxygen atoms in total. The summed E-state index contributed by atoms with van der Waals surface area (Å²) in [6.07, 6.45) is 6.23. The number of anilines is 1. The van der Waals surface area contributed by atoms with Gasteiger partial charge >= 0.3 is 0 Å². The summed E-state index contributed by atoms with van der Waals surface area (Å²) in [6, 6.07) is 7.05. The Labute approximate surface area is 142 Å². The highest BCUT2D eigenvalue weighted by Crippen LogP contribution is 2.37. The van der Waals surface area contributed by atoms with Crippen molar-refractivity contribution >= 4 is 21.7 Å². The van der Waals surface area contributed by atoms with Crippen molar-refractivity contribution in [2.24, 2.45) is 0 Å². The van der Waals surface area contributed by atoms with Gasteiger partial charge in [0.15, 0.2) is 11.5 Å². The average Bonchev–Trinajstić information content (AvgIpc) is 2.57. The molecule has 116 valence electrons. The molecule has 0 saturated carbocycles. The topological polar surface area (TPSA) is 68.9 Å². The van der Waals surface area contributed by atoms with Crippen molar-refractivity contribution in [2.45, 2.75) is 25.0 Å². The van der Waals surface area contributed by atoms with E-state index in [1.54, 1.807) is 12.4 Å². The first kappa shape index (κ1) is 14.5. The van der Waals surface area contributed by atoms with Crippen molar-refractivity contribution in [3.63, 3.8) is 0 Å². The molecular weight excluding hydrogens is 356 g/mol. The summed E-state index contributed by atoms with van der Waals surface area (Å²) >= 11 is 3.41. The van der Waals surface area contributed by atoms with Crippen LogP contribution < -0.4 is 4.90 Å². The molecule has 5 rings (SSSR count). The van der Waals surface area contributed by atoms with Crippen LogP contribution >= 0.6 is 15.9 Å². The quantitative estimate of drug-likeness (QED) is 0.822. The third-order valence-corrected chi connectivity index (χ3v) is 4.94. The fourth-order valence-corrected chi connectivity index (χ4v) is 3.73. The van der Waals surface area contributed by atoms with Gasteiger partial charge < -0.3 is 4.90 Å². The summed E-state index contributed by atoms with van der Waals surface area (Å²) in [5, 5.41) is 9.22. The molecule has 3 saturated heterocycles. The highest BCUT2D eigenvalue weighted by molar-refractivity contribution is 9.10. The summed E-state index contributed by atoms with van der Waals surface area (Å²) in [5.74, 6) is 0.734. The van der Waals surface area contributed by atoms with Crippen molar-refractivity contribution in [3.8, 4) is 6.07 Å². The Kier molecular flexibility index (Phi) is 3.71. The van der Waals surface area contributed by atoms with Crippen LogP contribution in [0.5, 0.6) is 0 Å². The number of nitriles is 1. The first-order chi connectivity index (χ1) is 11.2. The van der Waals surface area contributed by atoms with Crippen LogP contribution in [0.2, 0.25) is 0 Å². The van der Waals surface area contributed by atoms with E-state index in [1.807, 2.05) is 12.3 Å². The summed E-state index contributed by atoms with van der Waals surface area (Å²) < 4.78 is 1.00. The second-order valence-corrected chi connectivity index (χ2v) is 6.87. The van der Waals surface area contributed by atoms with Gasteiger partial charge in [-0.25, -0.2) is 9.97 Å². The standard InChI is InChI=1S/C16H15BrN6/c17-11-1-2-12(21-7-11)8-22-9-13-5-14(10-22)23(13)16-15(6-18)19-3-4-20-16/h1-4,7,13-14H,5,8-10H2. The van der Waals surface area contributed by atoms with Crippen LogP contribution in [0.1, 0.15) is 17.8 Å². The molecule has 3 aliphatic rings. The number of piperazine rings is 1. The minimum atomic E-state index is 0.410. The number of hydrogen-bond acceptors (Lipinski definition) is 6. The van der Waals surface area contributed by atoms with Gasteiger partial charge in [0, 0.05) is 54.8 Å². The van der Waals surface area contributed by atoms with E-state index in [0.717, 1.165) is 42.0 Å². The van der Waals surface area contributed by atoms with Gasteiger partial charge in [-0.3, -0.25) is 9.88 Å². The van der Waals surface area contributed by atoms with Gasteiger partial charge in [-0.15, -0.1) is 0 Å². The van der Waals surface area contributed by atoms with Crippen molar-refractivity contribution in [3.05, 3.63) is 46.6 Å². The molecule has 2 bridgehead atoms. The summed E-state index contributed by atoms with van der Waals surface area (Å²) in [4.78, 5) is 17.6. The van der Waals surface area contributed by atoms with Crippen LogP contribution in [0.3, 0.4) is 0 Å². The van der Waals surface area contributed by atoms with Gasteiger partial charge in [0.25, 0.3) is 0 Å². The number of aromatic nitrogens is 3. The largest absolute Gasteiger partial charge is 0.345 e. The Hall–Kier alpha value is -2.04. The lowest BCUT2D eigenvalue weighted by molar-refractivity contribution is 0.106. The van der Waals surface area contributed by atoms with E-state index in [4.69, 9.17) is 0 Å². The van der Waals surface area contributed by atoms with Gasteiger partial charge in [-0.05, 0) is 34.5 Å². The van der Waals surface area contributed by atoms with Crippen LogP contribution in [-0.2, 0) is 6.54 Å². The van der Waals surface area contributed by atoms with E-state index in [0.29, 0.717) is 17.8 Å². The third kappa shape index (κ3) is 2.69. The van der Waals surface area contributed by atoms with Crippen LogP contribution in [-0.4, -0.2) is 45.0 Å². The number of rotatable bonds is 3. The Morgan fingerprint density at radius 1 is 1.17 bits per heavy atom. The minimum absolute atomic E-state index is 0.410. The number of pyridine rings is 1. The molecule has 23 heavy (non-hydrogen) atoms. The highest BCUT2D eigenvalue weighted by Gasteiger charge is 2.46. The molecule has 3 fully saturated rings. The molecule has 5 heterocycles. The number of fused-ring (bicyclic) bond motifs is 2. The molecular formula is C16H15BrN6. The van der Waals surface area contributed by atoms with Gasteiger partial charge in [-0.1, -0.05) is 0 Å². The lowest BCUT2D eigenvalue weighted by Gasteiger charge is -2.57. The minimum Gasteiger partial charge on any atom is -0.345 e. The highest BCUT2D eigenvalue weighted by atomic mass is 79.9. The van der Waals surface area contributed by atoms with E-state index >= 15 is 0 Å². The second-order valence-electron chi connectivity index (χ2n) is 5.95. The van der Waals surface area contributed by atoms with E-state index in [1.165, 1.54) is 0 Å². The molecule has 0 aromatic carbocycles. The second kappa shape index (κ2) is 5.87. The van der Waals surface area contributed by atoms with E-state index in [2.05, 4.69) is 52.8 Å². The maximum absolute atomic E-state index is 9.22. The monoisotopic (exact) mass is 370 g/mol. The van der Waals surface area contributed by atoms with Gasteiger partial charge in [0.1, 0.15) is 6.07 Å². The SMILES string of the molecule is N#Cc1nccnc1N1C2CC1CN(Cc1ccc(Br)cn1)C2. The molecule has 0 N–H and O–H groups in total. The summed E-state index contributed by atoms with van der Waals surface area (Å²) in [6.45, 7) is 2.80. The molecule has 2 aromatic heterocycles. The van der Waals surface area contributed by atoms with E-state index < -0.39 is 0 Å². The smallest absolute Gasteiger partial charge is 0.183 e. The molecule has 2 atom stereocenters. The van der Waals surface area contributed by atoms with Gasteiger partial charge in [0.05, 0.1) is 5.69 Å². The van der Waals surface area contributed by atoms with Crippen molar-refractivity contribution in [1.29, 1.82) is 5.26 Å². The molecule has 3 aliphatic heterocycles. The van der Waals surface area contributed by atoms with E-state index in [-0.39, 0.29) is 0 Å². The fourth-order valence-electron chi connectivity index (χ4n) is 3.50. The molecule has 0 spiro atoms. The van der Waals surface area contributed by atoms with Gasteiger partial charge in [0.2, 0.25) is 0 Å².